The van der Waals surface area contributed by atoms with Gasteiger partial charge in [-0.25, -0.2) is 0 Å². The van der Waals surface area contributed by atoms with Crippen molar-refractivity contribution in [3.8, 4) is 0 Å². The molecule has 0 amide bonds. The van der Waals surface area contributed by atoms with Crippen molar-refractivity contribution in [3.05, 3.63) is 56.5 Å². The van der Waals surface area contributed by atoms with E-state index in [-0.39, 0.29) is 0 Å². The molecule has 0 aliphatic rings. The van der Waals surface area contributed by atoms with Crippen LogP contribution in [0.4, 0.5) is 0 Å². The lowest BCUT2D eigenvalue weighted by atomic mass is 9.96. The van der Waals surface area contributed by atoms with Gasteiger partial charge in [0.15, 0.2) is 0 Å². The van der Waals surface area contributed by atoms with E-state index in [9.17, 15) is 0 Å². The smallest absolute Gasteiger partial charge is 0.0184 e. The fourth-order valence-corrected chi connectivity index (χ4v) is 3.79. The molecule has 90 valence electrons. The predicted octanol–water partition coefficient (Wildman–Crippen LogP) is 6.13. The minimum atomic E-state index is 1.14. The molecule has 2 heteroatoms. The van der Waals surface area contributed by atoms with E-state index in [4.69, 9.17) is 0 Å². The molecule has 0 aliphatic heterocycles. The predicted molar refractivity (Wildman–Crippen MR) is 86.3 cm³/mol. The highest BCUT2D eigenvalue weighted by atomic mass is 79.9. The Bertz CT molecular complexity index is 773. The quantitative estimate of drug-likeness (QED) is 0.421. The molecule has 0 bridgehead atoms. The second-order valence-corrected chi connectivity index (χ2v) is 6.54. The van der Waals surface area contributed by atoms with Gasteiger partial charge >= 0.3 is 0 Å². The van der Waals surface area contributed by atoms with Crippen molar-refractivity contribution in [2.75, 3.05) is 0 Å². The molecular weight excluding hydrogens is 352 g/mol. The van der Waals surface area contributed by atoms with Gasteiger partial charge in [0.25, 0.3) is 0 Å². The summed E-state index contributed by atoms with van der Waals surface area (Å²) < 4.78 is 2.28. The normalized spacial score (nSPS) is 11.3. The topological polar surface area (TPSA) is 0 Å². The minimum absolute atomic E-state index is 1.14. The van der Waals surface area contributed by atoms with Gasteiger partial charge in [-0.15, -0.1) is 0 Å². The fraction of sp³-hybridized carbons (Fsp3) is 0.125. The molecule has 0 N–H and O–H groups in total. The number of rotatable bonds is 0. The maximum absolute atomic E-state index is 3.60. The van der Waals surface area contributed by atoms with E-state index in [1.54, 1.807) is 0 Å². The van der Waals surface area contributed by atoms with E-state index in [1.807, 2.05) is 0 Å². The van der Waals surface area contributed by atoms with Gasteiger partial charge in [-0.1, -0.05) is 44.0 Å². The van der Waals surface area contributed by atoms with Gasteiger partial charge in [0.2, 0.25) is 0 Å². The third-order valence-corrected chi connectivity index (χ3v) is 4.30. The highest BCUT2D eigenvalue weighted by molar-refractivity contribution is 9.10. The molecule has 0 atom stereocenters. The monoisotopic (exact) mass is 362 g/mol. The Kier molecular flexibility index (Phi) is 2.95. The van der Waals surface area contributed by atoms with Crippen LogP contribution in [0.5, 0.6) is 0 Å². The molecule has 3 aromatic carbocycles. The summed E-state index contributed by atoms with van der Waals surface area (Å²) in [6, 6.07) is 13.2. The summed E-state index contributed by atoms with van der Waals surface area (Å²) in [5, 5.41) is 5.28. The van der Waals surface area contributed by atoms with E-state index in [0.717, 1.165) is 8.95 Å². The lowest BCUT2D eigenvalue weighted by Gasteiger charge is -2.10. The average molecular weight is 364 g/mol. The van der Waals surface area contributed by atoms with E-state index < -0.39 is 0 Å². The van der Waals surface area contributed by atoms with Gasteiger partial charge in [0.1, 0.15) is 0 Å². The van der Waals surface area contributed by atoms with Crippen molar-refractivity contribution in [1.29, 1.82) is 0 Å². The molecule has 0 unspecified atom stereocenters. The molecule has 18 heavy (non-hydrogen) atoms. The van der Waals surface area contributed by atoms with Crippen LogP contribution in [0.3, 0.4) is 0 Å². The number of fused-ring (bicyclic) bond motifs is 3. The first-order valence-electron chi connectivity index (χ1n) is 5.85. The number of aryl methyl sites for hydroxylation is 2. The summed E-state index contributed by atoms with van der Waals surface area (Å²) in [5.74, 6) is 0. The van der Waals surface area contributed by atoms with Gasteiger partial charge in [0.05, 0.1) is 0 Å². The highest BCUT2D eigenvalue weighted by Gasteiger charge is 2.07. The molecule has 3 aromatic rings. The van der Waals surface area contributed by atoms with E-state index in [1.165, 1.54) is 32.7 Å². The van der Waals surface area contributed by atoms with Crippen LogP contribution in [0.2, 0.25) is 0 Å². The Morgan fingerprint density at radius 1 is 0.722 bits per heavy atom. The van der Waals surface area contributed by atoms with Crippen LogP contribution in [-0.4, -0.2) is 0 Å². The Labute approximate surface area is 123 Å². The van der Waals surface area contributed by atoms with Crippen LogP contribution < -0.4 is 0 Å². The Morgan fingerprint density at radius 3 is 2.17 bits per heavy atom. The fourth-order valence-electron chi connectivity index (χ4n) is 2.62. The summed E-state index contributed by atoms with van der Waals surface area (Å²) in [4.78, 5) is 0. The minimum Gasteiger partial charge on any atom is -0.0537 e. The third-order valence-electron chi connectivity index (χ3n) is 3.38. The summed E-state index contributed by atoms with van der Waals surface area (Å²) in [6.07, 6.45) is 0. The summed E-state index contributed by atoms with van der Waals surface area (Å²) in [5.41, 5.74) is 2.62. The summed E-state index contributed by atoms with van der Waals surface area (Å²) in [6.45, 7) is 4.33. The second kappa shape index (κ2) is 4.36. The molecular formula is C16H12Br2. The van der Waals surface area contributed by atoms with Crippen molar-refractivity contribution in [1.82, 2.24) is 0 Å². The van der Waals surface area contributed by atoms with Crippen LogP contribution in [-0.2, 0) is 0 Å². The first-order valence-corrected chi connectivity index (χ1v) is 7.43. The number of halogens is 2. The molecule has 0 radical (unpaired) electrons. The summed E-state index contributed by atoms with van der Waals surface area (Å²) >= 11 is 7.17. The Morgan fingerprint density at radius 2 is 1.39 bits per heavy atom. The SMILES string of the molecule is Cc1cc(Br)cc2c1ccc1cc(Br)cc(C)c12. The van der Waals surface area contributed by atoms with Crippen molar-refractivity contribution < 1.29 is 0 Å². The Hall–Kier alpha value is -0.860. The molecule has 0 spiro atoms. The molecule has 0 nitrogen and oxygen atoms in total. The first-order chi connectivity index (χ1) is 8.56. The van der Waals surface area contributed by atoms with Crippen LogP contribution >= 0.6 is 31.9 Å². The van der Waals surface area contributed by atoms with Crippen molar-refractivity contribution in [2.24, 2.45) is 0 Å². The van der Waals surface area contributed by atoms with Crippen molar-refractivity contribution in [3.63, 3.8) is 0 Å². The van der Waals surface area contributed by atoms with E-state index in [0.29, 0.717) is 0 Å². The zero-order valence-corrected chi connectivity index (χ0v) is 13.4. The zero-order valence-electron chi connectivity index (χ0n) is 10.2. The largest absolute Gasteiger partial charge is 0.0537 e. The highest BCUT2D eigenvalue weighted by Crippen LogP contribution is 2.33. The zero-order chi connectivity index (χ0) is 12.9. The second-order valence-electron chi connectivity index (χ2n) is 4.70. The van der Waals surface area contributed by atoms with Crippen LogP contribution in [0.1, 0.15) is 11.1 Å². The van der Waals surface area contributed by atoms with Gasteiger partial charge in [-0.05, 0) is 70.8 Å². The molecule has 3 rings (SSSR count). The third kappa shape index (κ3) is 1.88. The van der Waals surface area contributed by atoms with Crippen LogP contribution in [0, 0.1) is 13.8 Å². The van der Waals surface area contributed by atoms with Gasteiger partial charge in [-0.3, -0.25) is 0 Å². The van der Waals surface area contributed by atoms with Gasteiger partial charge in [-0.2, -0.15) is 0 Å². The van der Waals surface area contributed by atoms with E-state index >= 15 is 0 Å². The number of benzene rings is 3. The summed E-state index contributed by atoms with van der Waals surface area (Å²) in [7, 11) is 0. The van der Waals surface area contributed by atoms with Gasteiger partial charge in [0, 0.05) is 8.95 Å². The van der Waals surface area contributed by atoms with E-state index in [2.05, 4.69) is 82.1 Å². The standard InChI is InChI=1S/C16H12Br2/c1-9-5-13(18)8-15-14(9)4-3-11-7-12(17)6-10(2)16(11)15/h3-8H,1-2H3. The molecule has 0 aromatic heterocycles. The maximum atomic E-state index is 3.60. The van der Waals surface area contributed by atoms with Gasteiger partial charge < -0.3 is 0 Å². The molecule has 0 saturated heterocycles. The number of hydrogen-bond donors (Lipinski definition) is 0. The van der Waals surface area contributed by atoms with Crippen molar-refractivity contribution in [2.45, 2.75) is 13.8 Å². The molecule has 0 saturated carbocycles. The van der Waals surface area contributed by atoms with Crippen molar-refractivity contribution >= 4 is 53.4 Å². The van der Waals surface area contributed by atoms with Crippen LogP contribution in [0.25, 0.3) is 21.5 Å². The Balaban J connectivity index is 2.60. The maximum Gasteiger partial charge on any atom is 0.0184 e. The number of hydrogen-bond acceptors (Lipinski definition) is 0. The average Bonchev–Trinajstić information content (AvgIpc) is 2.26. The van der Waals surface area contributed by atoms with Crippen LogP contribution in [0.15, 0.2) is 45.3 Å². The molecule has 0 fully saturated rings. The first kappa shape index (κ1) is 12.2. The molecule has 0 aliphatic carbocycles. The lowest BCUT2D eigenvalue weighted by molar-refractivity contribution is 1.49. The lowest BCUT2D eigenvalue weighted by Crippen LogP contribution is -1.85. The molecule has 0 heterocycles.